The molecule has 0 saturated heterocycles. The minimum absolute atomic E-state index is 0.189. The van der Waals surface area contributed by atoms with Gasteiger partial charge in [-0.15, -0.1) is 12.3 Å². The molecule has 19 heavy (non-hydrogen) atoms. The van der Waals surface area contributed by atoms with E-state index in [-0.39, 0.29) is 18.2 Å². The van der Waals surface area contributed by atoms with Gasteiger partial charge in [0.15, 0.2) is 0 Å². The molecular weight excluding hydrogens is 272 g/mol. The number of carboxylic acid groups (broad SMARTS) is 1. The smallest absolute Gasteiger partial charge is 0.326 e. The van der Waals surface area contributed by atoms with E-state index in [1.807, 2.05) is 0 Å². The molecule has 0 aliphatic heterocycles. The van der Waals surface area contributed by atoms with Gasteiger partial charge in [0.2, 0.25) is 0 Å². The summed E-state index contributed by atoms with van der Waals surface area (Å²) in [5, 5.41) is 13.5. The first-order valence-corrected chi connectivity index (χ1v) is 7.62. The van der Waals surface area contributed by atoms with Gasteiger partial charge in [0.1, 0.15) is 15.9 Å². The zero-order valence-corrected chi connectivity index (χ0v) is 11.7. The van der Waals surface area contributed by atoms with Crippen LogP contribution in [0.15, 0.2) is 0 Å². The lowest BCUT2D eigenvalue weighted by atomic mass is 10.2. The van der Waals surface area contributed by atoms with Crippen molar-refractivity contribution < 1.29 is 23.1 Å². The number of rotatable bonds is 7. The second kappa shape index (κ2) is 7.63. The summed E-state index contributed by atoms with van der Waals surface area (Å²) in [6.07, 6.45) is 6.19. The van der Waals surface area contributed by atoms with Gasteiger partial charge < -0.3 is 15.7 Å². The Hall–Kier alpha value is -1.75. The third-order valence-corrected chi connectivity index (χ3v) is 3.16. The zero-order chi connectivity index (χ0) is 15.1. The highest BCUT2D eigenvalue weighted by atomic mass is 32.2. The van der Waals surface area contributed by atoms with Crippen molar-refractivity contribution in [3.8, 4) is 12.3 Å². The van der Waals surface area contributed by atoms with Crippen molar-refractivity contribution >= 4 is 21.8 Å². The van der Waals surface area contributed by atoms with Crippen LogP contribution in [0, 0.1) is 12.3 Å². The average Bonchev–Trinajstić information content (AvgIpc) is 2.22. The fourth-order valence-corrected chi connectivity index (χ4v) is 1.90. The number of hydrogen-bond donors (Lipinski definition) is 3. The summed E-state index contributed by atoms with van der Waals surface area (Å²) in [5.74, 6) is 0.752. The molecule has 108 valence electrons. The Morgan fingerprint density at radius 1 is 1.37 bits per heavy atom. The van der Waals surface area contributed by atoms with Crippen molar-refractivity contribution in [2.75, 3.05) is 12.0 Å². The Balaban J connectivity index is 4.39. The van der Waals surface area contributed by atoms with Crippen LogP contribution in [0.25, 0.3) is 0 Å². The molecule has 2 unspecified atom stereocenters. The predicted molar refractivity (Wildman–Crippen MR) is 70.3 cm³/mol. The van der Waals surface area contributed by atoms with E-state index >= 15 is 0 Å². The molecule has 2 atom stereocenters. The van der Waals surface area contributed by atoms with Crippen LogP contribution in [0.5, 0.6) is 0 Å². The van der Waals surface area contributed by atoms with Gasteiger partial charge in [-0.05, 0) is 13.3 Å². The molecule has 0 aliphatic rings. The number of sulfone groups is 1. The highest BCUT2D eigenvalue weighted by molar-refractivity contribution is 7.90. The minimum Gasteiger partial charge on any atom is -0.480 e. The van der Waals surface area contributed by atoms with Crippen molar-refractivity contribution in [1.29, 1.82) is 0 Å². The normalized spacial score (nSPS) is 13.9. The van der Waals surface area contributed by atoms with Gasteiger partial charge in [0.25, 0.3) is 0 Å². The Morgan fingerprint density at radius 3 is 2.37 bits per heavy atom. The standard InChI is InChI=1S/C11H18N2O5S/c1-4-5-8(2)12-11(16)13-9(10(14)15)6-7-19(3,17)18/h1,8-9H,5-7H2,2-3H3,(H,14,15)(H2,12,13,16). The molecule has 0 aromatic rings. The number of carbonyl (C=O) groups is 2. The fraction of sp³-hybridized carbons (Fsp3) is 0.636. The maximum absolute atomic E-state index is 11.5. The SMILES string of the molecule is C#CCC(C)NC(=O)NC(CCS(C)(=O)=O)C(=O)O. The van der Waals surface area contributed by atoms with E-state index < -0.39 is 27.9 Å². The molecule has 0 heterocycles. The van der Waals surface area contributed by atoms with Crippen LogP contribution in [-0.4, -0.2) is 49.6 Å². The molecule has 0 aromatic heterocycles. The summed E-state index contributed by atoms with van der Waals surface area (Å²) < 4.78 is 21.9. The molecule has 0 aromatic carbocycles. The Labute approximate surface area is 112 Å². The molecule has 0 rings (SSSR count). The van der Waals surface area contributed by atoms with Crippen LogP contribution in [-0.2, 0) is 14.6 Å². The van der Waals surface area contributed by atoms with Crippen molar-refractivity contribution in [3.05, 3.63) is 0 Å². The molecule has 0 bridgehead atoms. The van der Waals surface area contributed by atoms with Crippen molar-refractivity contribution in [3.63, 3.8) is 0 Å². The summed E-state index contributed by atoms with van der Waals surface area (Å²) in [5.41, 5.74) is 0. The van der Waals surface area contributed by atoms with Gasteiger partial charge in [0.05, 0.1) is 5.75 Å². The van der Waals surface area contributed by atoms with Crippen LogP contribution in [0.4, 0.5) is 4.79 Å². The summed E-state index contributed by atoms with van der Waals surface area (Å²) >= 11 is 0. The number of carboxylic acids is 1. The number of urea groups is 1. The quantitative estimate of drug-likeness (QED) is 0.551. The first-order chi connectivity index (χ1) is 8.65. The van der Waals surface area contributed by atoms with Gasteiger partial charge >= 0.3 is 12.0 Å². The molecule has 0 radical (unpaired) electrons. The molecule has 2 amide bonds. The van der Waals surface area contributed by atoms with Crippen molar-refractivity contribution in [2.45, 2.75) is 31.8 Å². The lowest BCUT2D eigenvalue weighted by molar-refractivity contribution is -0.139. The van der Waals surface area contributed by atoms with Gasteiger partial charge in [0, 0.05) is 18.7 Å². The number of amides is 2. The molecule has 0 spiro atoms. The van der Waals surface area contributed by atoms with Crippen LogP contribution in [0.1, 0.15) is 19.8 Å². The second-order valence-corrected chi connectivity index (χ2v) is 6.50. The summed E-state index contributed by atoms with van der Waals surface area (Å²) in [4.78, 5) is 22.4. The molecule has 3 N–H and O–H groups in total. The van der Waals surface area contributed by atoms with E-state index in [1.165, 1.54) is 0 Å². The maximum atomic E-state index is 11.5. The topological polar surface area (TPSA) is 113 Å². The summed E-state index contributed by atoms with van der Waals surface area (Å²) in [6.45, 7) is 1.67. The van der Waals surface area contributed by atoms with E-state index in [0.29, 0.717) is 6.42 Å². The lowest BCUT2D eigenvalue weighted by Gasteiger charge is -2.17. The lowest BCUT2D eigenvalue weighted by Crippen LogP contribution is -2.48. The monoisotopic (exact) mass is 290 g/mol. The number of aliphatic carboxylic acids is 1. The molecule has 0 aliphatic carbocycles. The Kier molecular flexibility index (Phi) is 6.93. The Bertz CT molecular complexity index is 466. The van der Waals surface area contributed by atoms with Crippen LogP contribution < -0.4 is 10.6 Å². The van der Waals surface area contributed by atoms with E-state index in [0.717, 1.165) is 6.26 Å². The summed E-state index contributed by atoms with van der Waals surface area (Å²) in [6, 6.07) is -2.24. The van der Waals surface area contributed by atoms with Gasteiger partial charge in [-0.25, -0.2) is 18.0 Å². The van der Waals surface area contributed by atoms with E-state index in [9.17, 15) is 18.0 Å². The first-order valence-electron chi connectivity index (χ1n) is 5.56. The fourth-order valence-electron chi connectivity index (χ4n) is 1.24. The van der Waals surface area contributed by atoms with Gasteiger partial charge in [-0.3, -0.25) is 0 Å². The third-order valence-electron chi connectivity index (χ3n) is 2.18. The number of hydrogen-bond acceptors (Lipinski definition) is 4. The molecule has 0 fully saturated rings. The molecule has 8 heteroatoms. The zero-order valence-electron chi connectivity index (χ0n) is 10.8. The maximum Gasteiger partial charge on any atom is 0.326 e. The first kappa shape index (κ1) is 17.2. The number of nitrogens with one attached hydrogen (secondary N) is 2. The average molecular weight is 290 g/mol. The Morgan fingerprint density at radius 2 is 1.95 bits per heavy atom. The molecular formula is C11H18N2O5S. The van der Waals surface area contributed by atoms with Crippen molar-refractivity contribution in [1.82, 2.24) is 10.6 Å². The number of carbonyl (C=O) groups excluding carboxylic acids is 1. The minimum atomic E-state index is -3.28. The molecule has 7 nitrogen and oxygen atoms in total. The van der Waals surface area contributed by atoms with Crippen LogP contribution in [0.3, 0.4) is 0 Å². The number of terminal acetylenes is 1. The van der Waals surface area contributed by atoms with Gasteiger partial charge in [-0.2, -0.15) is 0 Å². The van der Waals surface area contributed by atoms with Crippen LogP contribution >= 0.6 is 0 Å². The molecule has 0 saturated carbocycles. The van der Waals surface area contributed by atoms with E-state index in [4.69, 9.17) is 11.5 Å². The highest BCUT2D eigenvalue weighted by Crippen LogP contribution is 1.97. The van der Waals surface area contributed by atoms with E-state index in [2.05, 4.69) is 16.6 Å². The second-order valence-electron chi connectivity index (χ2n) is 4.24. The van der Waals surface area contributed by atoms with Gasteiger partial charge in [-0.1, -0.05) is 0 Å². The largest absolute Gasteiger partial charge is 0.480 e. The summed E-state index contributed by atoms with van der Waals surface area (Å²) in [7, 11) is -3.28. The highest BCUT2D eigenvalue weighted by Gasteiger charge is 2.22. The van der Waals surface area contributed by atoms with Crippen molar-refractivity contribution in [2.24, 2.45) is 0 Å². The third kappa shape index (κ3) is 8.90. The van der Waals surface area contributed by atoms with Crippen LogP contribution in [0.2, 0.25) is 0 Å². The predicted octanol–water partition coefficient (Wildman–Crippen LogP) is -0.415. The van der Waals surface area contributed by atoms with E-state index in [1.54, 1.807) is 6.92 Å².